The van der Waals surface area contributed by atoms with Crippen LogP contribution in [0.25, 0.3) is 0 Å². The fraction of sp³-hybridized carbons (Fsp3) is 1.00. The van der Waals surface area contributed by atoms with E-state index in [1.54, 1.807) is 0 Å². The quantitative estimate of drug-likeness (QED) is 0.422. The summed E-state index contributed by atoms with van der Waals surface area (Å²) in [6, 6.07) is 0. The van der Waals surface area contributed by atoms with E-state index in [0.717, 1.165) is 0 Å². The van der Waals surface area contributed by atoms with Crippen LogP contribution in [0.1, 0.15) is 0 Å². The first kappa shape index (κ1) is 7.12. The van der Waals surface area contributed by atoms with Crippen LogP contribution >= 0.6 is 0 Å². The zero-order chi connectivity index (χ0) is 5.86. The third-order valence-corrected chi connectivity index (χ3v) is 2.61. The number of nitrogens with zero attached hydrogens (tertiary/aromatic N) is 1. The molecule has 0 atom stereocenters. The van der Waals surface area contributed by atoms with Gasteiger partial charge in [-0.25, -0.2) is 0 Å². The molecule has 0 amide bonds. The minimum absolute atomic E-state index is 0.702. The van der Waals surface area contributed by atoms with Gasteiger partial charge in [0.05, 0.1) is 0 Å². The number of hydrogen-bond donors (Lipinski definition) is 0. The monoisotopic (exact) mass is 297 g/mol. The van der Waals surface area contributed by atoms with Gasteiger partial charge in [0.2, 0.25) is 0 Å². The second kappa shape index (κ2) is 3.17. The van der Waals surface area contributed by atoms with Crippen LogP contribution in [0.15, 0.2) is 0 Å². The Balaban J connectivity index is 3.13. The van der Waals surface area contributed by atoms with E-state index in [-0.39, 0.29) is 0 Å². The van der Waals surface area contributed by atoms with Crippen molar-refractivity contribution >= 4 is 23.2 Å². The molecule has 0 fully saturated rings. The molecule has 0 spiro atoms. The molecule has 0 saturated heterocycles. The van der Waals surface area contributed by atoms with Crippen molar-refractivity contribution in [2.45, 2.75) is 8.97 Å². The average molecular weight is 296 g/mol. The summed E-state index contributed by atoms with van der Waals surface area (Å²) in [4.78, 5) is 9.45. The van der Waals surface area contributed by atoms with Crippen molar-refractivity contribution < 1.29 is 7.87 Å². The fourth-order valence-corrected chi connectivity index (χ4v) is 1.51. The predicted octanol–water partition coefficient (Wildman–Crippen LogP) is 0.446. The Bertz CT molecular complexity index is 73.3. The second-order valence-corrected chi connectivity index (χ2v) is 10.4. The summed E-state index contributed by atoms with van der Waals surface area (Å²) < 4.78 is 7.84. The van der Waals surface area contributed by atoms with Gasteiger partial charge in [0.15, 0.2) is 0 Å². The molecule has 0 radical (unpaired) electrons. The van der Waals surface area contributed by atoms with Crippen molar-refractivity contribution in [1.29, 1.82) is 0 Å². The Kier molecular flexibility index (Phi) is 3.22. The van der Waals surface area contributed by atoms with Gasteiger partial charge >= 0.3 is 50.1 Å². The van der Waals surface area contributed by atoms with E-state index in [9.17, 15) is 10.1 Å². The fourth-order valence-electron chi connectivity index (χ4n) is 0.172. The van der Waals surface area contributed by atoms with Crippen molar-refractivity contribution in [1.82, 2.24) is 0 Å². The molecule has 0 heterocycles. The minimum atomic E-state index is -2.09. The van der Waals surface area contributed by atoms with Crippen LogP contribution in [0, 0.1) is 10.1 Å². The van der Waals surface area contributed by atoms with Crippen molar-refractivity contribution in [2.24, 2.45) is 0 Å². The van der Waals surface area contributed by atoms with Crippen LogP contribution in [-0.2, 0) is 2.79 Å². The summed E-state index contributed by atoms with van der Waals surface area (Å²) in [5.41, 5.74) is 0. The standard InChI is InChI=1S/2CH3.NO3.Tl/c;;2-1(3)4;/h2*1H3;;/q;;-1;+1. The first-order chi connectivity index (χ1) is 3.13. The maximum absolute atomic E-state index is 9.45. The molecule has 0 aliphatic heterocycles. The molecule has 0 aliphatic rings. The van der Waals surface area contributed by atoms with E-state index < -0.39 is 28.2 Å². The molecule has 0 aliphatic carbocycles. The molecule has 4 nitrogen and oxygen atoms in total. The van der Waals surface area contributed by atoms with Gasteiger partial charge in [-0.1, -0.05) is 0 Å². The van der Waals surface area contributed by atoms with Crippen LogP contribution in [0.2, 0.25) is 8.97 Å². The van der Waals surface area contributed by atoms with Crippen LogP contribution < -0.4 is 0 Å². The summed E-state index contributed by atoms with van der Waals surface area (Å²) in [6.07, 6.45) is 0. The third-order valence-electron chi connectivity index (χ3n) is 0.297. The topological polar surface area (TPSA) is 52.4 Å². The van der Waals surface area contributed by atoms with Crippen LogP contribution in [-0.4, -0.2) is 28.2 Å². The second-order valence-electron chi connectivity index (χ2n) is 1.38. The third kappa shape index (κ3) is 6.12. The van der Waals surface area contributed by atoms with Gasteiger partial charge in [0.1, 0.15) is 0 Å². The summed E-state index contributed by atoms with van der Waals surface area (Å²) in [5.74, 6) is 0. The molecule has 0 unspecified atom stereocenters. The van der Waals surface area contributed by atoms with Crippen LogP contribution in [0.5, 0.6) is 0 Å². The van der Waals surface area contributed by atoms with Gasteiger partial charge in [-0.3, -0.25) is 0 Å². The molecule has 0 N–H and O–H groups in total. The van der Waals surface area contributed by atoms with Gasteiger partial charge in [0.25, 0.3) is 0 Å². The molecule has 7 heavy (non-hydrogen) atoms. The molecular weight excluding hydrogens is 290 g/mol. The van der Waals surface area contributed by atoms with Crippen LogP contribution in [0.4, 0.5) is 0 Å². The summed E-state index contributed by atoms with van der Waals surface area (Å²) in [5, 5.41) is 8.75. The van der Waals surface area contributed by atoms with Crippen molar-refractivity contribution in [3.63, 3.8) is 0 Å². The molecule has 40 valence electrons. The molecule has 5 heteroatoms. The van der Waals surface area contributed by atoms with E-state index in [4.69, 9.17) is 0 Å². The number of rotatable bonds is 2. The normalized spacial score (nSPS) is 7.71. The Hall–Kier alpha value is 0.122. The summed E-state index contributed by atoms with van der Waals surface area (Å²) >= 11 is -2.09. The molecule has 0 saturated carbocycles. The molecule has 0 bridgehead atoms. The maximum atomic E-state index is 9.45. The van der Waals surface area contributed by atoms with E-state index in [0.29, 0.717) is 0 Å². The number of hydrogen-bond acceptors (Lipinski definition) is 3. The first-order valence-electron chi connectivity index (χ1n) is 1.94. The average Bonchev–Trinajstić information content (AvgIpc) is 1.27. The van der Waals surface area contributed by atoms with Gasteiger partial charge in [-0.15, -0.1) is 0 Å². The molecule has 0 aromatic heterocycles. The molecule has 0 rings (SSSR count). The zero-order valence-corrected chi connectivity index (χ0v) is 8.74. The van der Waals surface area contributed by atoms with Crippen molar-refractivity contribution in [3.8, 4) is 0 Å². The SMILES string of the molecule is [CH3][Tl]([CH3])[O][N+](=O)[O-]. The van der Waals surface area contributed by atoms with Gasteiger partial charge in [-0.05, 0) is 0 Å². The molecular formula is C2H6NO3Tl. The van der Waals surface area contributed by atoms with E-state index in [2.05, 4.69) is 2.79 Å². The Morgan fingerprint density at radius 1 is 1.71 bits per heavy atom. The zero-order valence-electron chi connectivity index (χ0n) is 4.25. The summed E-state index contributed by atoms with van der Waals surface area (Å²) in [6.45, 7) is 0. The van der Waals surface area contributed by atoms with E-state index in [1.165, 1.54) is 0 Å². The Morgan fingerprint density at radius 2 is 2.14 bits per heavy atom. The van der Waals surface area contributed by atoms with E-state index >= 15 is 0 Å². The molecule has 0 aromatic carbocycles. The first-order valence-corrected chi connectivity index (χ1v) is 12.7. The predicted molar refractivity (Wildman–Crippen MR) is 25.6 cm³/mol. The van der Waals surface area contributed by atoms with Crippen LogP contribution in [0.3, 0.4) is 0 Å². The summed E-state index contributed by atoms with van der Waals surface area (Å²) in [7, 11) is 0. The molecule has 0 aromatic rings. The van der Waals surface area contributed by atoms with Crippen molar-refractivity contribution in [2.75, 3.05) is 0 Å². The van der Waals surface area contributed by atoms with Gasteiger partial charge in [-0.2, -0.15) is 0 Å². The van der Waals surface area contributed by atoms with Gasteiger partial charge in [0, 0.05) is 0 Å². The van der Waals surface area contributed by atoms with Crippen molar-refractivity contribution in [3.05, 3.63) is 10.1 Å². The van der Waals surface area contributed by atoms with E-state index in [1.807, 2.05) is 8.97 Å². The Morgan fingerprint density at radius 3 is 2.14 bits per heavy atom. The van der Waals surface area contributed by atoms with Gasteiger partial charge < -0.3 is 0 Å². The Labute approximate surface area is 50.4 Å².